The molecule has 0 saturated heterocycles. The Bertz CT molecular complexity index is 659. The number of anilines is 1. The maximum absolute atomic E-state index is 12.2. The zero-order valence-electron chi connectivity index (χ0n) is 12.1. The van der Waals surface area contributed by atoms with E-state index in [2.05, 4.69) is 37.2 Å². The number of hydrogen-bond acceptors (Lipinski definition) is 3. The van der Waals surface area contributed by atoms with Gasteiger partial charge in [0, 0.05) is 10.2 Å². The minimum Gasteiger partial charge on any atom is -0.497 e. The fourth-order valence-corrected chi connectivity index (χ4v) is 2.87. The van der Waals surface area contributed by atoms with Crippen molar-refractivity contribution in [1.82, 2.24) is 0 Å². The molecule has 0 heterocycles. The van der Waals surface area contributed by atoms with Gasteiger partial charge in [0.25, 0.3) is 5.91 Å². The van der Waals surface area contributed by atoms with E-state index in [1.807, 2.05) is 12.1 Å². The molecule has 0 bridgehead atoms. The highest BCUT2D eigenvalue weighted by atomic mass is 79.9. The second-order valence-corrected chi connectivity index (χ2v) is 6.32. The summed E-state index contributed by atoms with van der Waals surface area (Å²) in [6, 6.07) is 12.6. The van der Waals surface area contributed by atoms with Crippen molar-refractivity contribution in [2.45, 2.75) is 13.0 Å². The Kier molecular flexibility index (Phi) is 5.85. The van der Waals surface area contributed by atoms with Crippen molar-refractivity contribution in [3.63, 3.8) is 0 Å². The number of ether oxygens (including phenoxy) is 2. The van der Waals surface area contributed by atoms with E-state index in [1.165, 1.54) is 0 Å². The number of hydrogen-bond donors (Lipinski definition) is 1. The van der Waals surface area contributed by atoms with Crippen LogP contribution in [0.4, 0.5) is 5.69 Å². The molecule has 2 rings (SSSR count). The first-order chi connectivity index (χ1) is 10.5. The molecule has 4 nitrogen and oxygen atoms in total. The van der Waals surface area contributed by atoms with Crippen LogP contribution in [-0.2, 0) is 4.79 Å². The quantitative estimate of drug-likeness (QED) is 0.755. The van der Waals surface area contributed by atoms with Gasteiger partial charge in [-0.15, -0.1) is 0 Å². The summed E-state index contributed by atoms with van der Waals surface area (Å²) in [5.41, 5.74) is 0.691. The molecule has 0 radical (unpaired) electrons. The average Bonchev–Trinajstić information content (AvgIpc) is 2.50. The van der Waals surface area contributed by atoms with Crippen LogP contribution < -0.4 is 14.8 Å². The van der Waals surface area contributed by atoms with Crippen LogP contribution in [0.5, 0.6) is 11.5 Å². The van der Waals surface area contributed by atoms with E-state index in [0.717, 1.165) is 14.7 Å². The molecule has 1 N–H and O–H groups in total. The Labute approximate surface area is 146 Å². The van der Waals surface area contributed by atoms with Crippen molar-refractivity contribution in [2.75, 3.05) is 12.4 Å². The predicted octanol–water partition coefficient (Wildman–Crippen LogP) is 4.63. The molecule has 6 heteroatoms. The summed E-state index contributed by atoms with van der Waals surface area (Å²) in [6.45, 7) is 1.70. The van der Waals surface area contributed by atoms with Gasteiger partial charge in [-0.3, -0.25) is 4.79 Å². The van der Waals surface area contributed by atoms with Gasteiger partial charge in [0.1, 0.15) is 11.5 Å². The van der Waals surface area contributed by atoms with Crippen LogP contribution in [0, 0.1) is 0 Å². The van der Waals surface area contributed by atoms with Gasteiger partial charge in [-0.2, -0.15) is 0 Å². The molecule has 22 heavy (non-hydrogen) atoms. The van der Waals surface area contributed by atoms with Crippen LogP contribution in [0.25, 0.3) is 0 Å². The van der Waals surface area contributed by atoms with Crippen LogP contribution in [0.15, 0.2) is 51.4 Å². The molecular formula is C16H15Br2NO3. The first-order valence-corrected chi connectivity index (χ1v) is 8.15. The van der Waals surface area contributed by atoms with Gasteiger partial charge in [0.2, 0.25) is 0 Å². The summed E-state index contributed by atoms with van der Waals surface area (Å²) < 4.78 is 12.5. The Hall–Kier alpha value is -1.53. The molecule has 0 fully saturated rings. The zero-order chi connectivity index (χ0) is 16.1. The first kappa shape index (κ1) is 16.8. The van der Waals surface area contributed by atoms with E-state index in [4.69, 9.17) is 9.47 Å². The normalized spacial score (nSPS) is 11.6. The second kappa shape index (κ2) is 7.65. The molecule has 2 aromatic carbocycles. The molecule has 0 aliphatic carbocycles. The standard InChI is InChI=1S/C16H15Br2NO3/c1-10(22-15-8-3-11(17)9-14(15)18)16(20)19-12-4-6-13(21-2)7-5-12/h3-10H,1-2H3,(H,19,20)/t10-/m0/s1. The van der Waals surface area contributed by atoms with E-state index < -0.39 is 6.10 Å². The van der Waals surface area contributed by atoms with Crippen molar-refractivity contribution in [3.05, 3.63) is 51.4 Å². The zero-order valence-corrected chi connectivity index (χ0v) is 15.3. The van der Waals surface area contributed by atoms with Crippen molar-refractivity contribution < 1.29 is 14.3 Å². The van der Waals surface area contributed by atoms with Crippen molar-refractivity contribution in [1.29, 1.82) is 0 Å². The molecule has 0 aliphatic rings. The number of carbonyl (C=O) groups excluding carboxylic acids is 1. The molecule has 0 aliphatic heterocycles. The summed E-state index contributed by atoms with van der Waals surface area (Å²) in [4.78, 5) is 12.2. The second-order valence-electron chi connectivity index (χ2n) is 4.55. The molecule has 0 saturated carbocycles. The highest BCUT2D eigenvalue weighted by molar-refractivity contribution is 9.11. The predicted molar refractivity (Wildman–Crippen MR) is 93.6 cm³/mol. The fraction of sp³-hybridized carbons (Fsp3) is 0.188. The van der Waals surface area contributed by atoms with E-state index in [-0.39, 0.29) is 5.91 Å². The number of methoxy groups -OCH3 is 1. The largest absolute Gasteiger partial charge is 0.497 e. The molecule has 1 atom stereocenters. The van der Waals surface area contributed by atoms with Gasteiger partial charge in [0.05, 0.1) is 11.6 Å². The van der Waals surface area contributed by atoms with Crippen LogP contribution >= 0.6 is 31.9 Å². The number of rotatable bonds is 5. The molecule has 1 amide bonds. The molecule has 0 spiro atoms. The third kappa shape index (κ3) is 4.48. The summed E-state index contributed by atoms with van der Waals surface area (Å²) in [7, 11) is 1.60. The van der Waals surface area contributed by atoms with Gasteiger partial charge in [0.15, 0.2) is 6.10 Å². The minimum atomic E-state index is -0.625. The molecular weight excluding hydrogens is 414 g/mol. The Morgan fingerprint density at radius 3 is 2.41 bits per heavy atom. The lowest BCUT2D eigenvalue weighted by molar-refractivity contribution is -0.122. The Morgan fingerprint density at radius 1 is 1.14 bits per heavy atom. The Morgan fingerprint density at radius 2 is 1.82 bits per heavy atom. The molecule has 0 unspecified atom stereocenters. The van der Waals surface area contributed by atoms with Crippen LogP contribution in [0.2, 0.25) is 0 Å². The van der Waals surface area contributed by atoms with Gasteiger partial charge in [-0.05, 0) is 65.3 Å². The topological polar surface area (TPSA) is 47.6 Å². The lowest BCUT2D eigenvalue weighted by Crippen LogP contribution is -2.30. The number of amides is 1. The van der Waals surface area contributed by atoms with E-state index in [1.54, 1.807) is 44.4 Å². The molecule has 2 aromatic rings. The Balaban J connectivity index is 1.99. The van der Waals surface area contributed by atoms with Crippen molar-refractivity contribution in [3.8, 4) is 11.5 Å². The van der Waals surface area contributed by atoms with E-state index >= 15 is 0 Å². The third-order valence-electron chi connectivity index (χ3n) is 2.92. The fourth-order valence-electron chi connectivity index (χ4n) is 1.73. The van der Waals surface area contributed by atoms with Crippen molar-refractivity contribution in [2.24, 2.45) is 0 Å². The number of halogens is 2. The maximum atomic E-state index is 12.2. The number of nitrogens with one attached hydrogen (secondary N) is 1. The average molecular weight is 429 g/mol. The SMILES string of the molecule is COc1ccc(NC(=O)[C@H](C)Oc2ccc(Br)cc2Br)cc1. The van der Waals surface area contributed by atoms with Crippen molar-refractivity contribution >= 4 is 43.5 Å². The van der Waals surface area contributed by atoms with Gasteiger partial charge in [-0.1, -0.05) is 15.9 Å². The summed E-state index contributed by atoms with van der Waals surface area (Å²) in [5.74, 6) is 1.13. The first-order valence-electron chi connectivity index (χ1n) is 6.56. The summed E-state index contributed by atoms with van der Waals surface area (Å²) in [5, 5.41) is 2.80. The maximum Gasteiger partial charge on any atom is 0.265 e. The molecule has 0 aromatic heterocycles. The highest BCUT2D eigenvalue weighted by Crippen LogP contribution is 2.29. The lowest BCUT2D eigenvalue weighted by Gasteiger charge is -2.16. The number of carbonyl (C=O) groups is 1. The minimum absolute atomic E-state index is 0.222. The summed E-state index contributed by atoms with van der Waals surface area (Å²) in [6.07, 6.45) is -0.625. The molecule has 116 valence electrons. The highest BCUT2D eigenvalue weighted by Gasteiger charge is 2.16. The number of benzene rings is 2. The van der Waals surface area contributed by atoms with Crippen LogP contribution in [0.1, 0.15) is 6.92 Å². The van der Waals surface area contributed by atoms with Gasteiger partial charge in [-0.25, -0.2) is 0 Å². The monoisotopic (exact) mass is 427 g/mol. The van der Waals surface area contributed by atoms with E-state index in [9.17, 15) is 4.79 Å². The third-order valence-corrected chi connectivity index (χ3v) is 4.04. The van der Waals surface area contributed by atoms with E-state index in [0.29, 0.717) is 11.4 Å². The van der Waals surface area contributed by atoms with Crippen LogP contribution in [0.3, 0.4) is 0 Å². The smallest absolute Gasteiger partial charge is 0.265 e. The van der Waals surface area contributed by atoms with Gasteiger partial charge < -0.3 is 14.8 Å². The van der Waals surface area contributed by atoms with Gasteiger partial charge >= 0.3 is 0 Å². The van der Waals surface area contributed by atoms with Crippen LogP contribution in [-0.4, -0.2) is 19.1 Å². The lowest BCUT2D eigenvalue weighted by atomic mass is 10.2. The summed E-state index contributed by atoms with van der Waals surface area (Å²) >= 11 is 6.78.